The number of carbonyl (C=O) groups excluding carboxylic acids is 1. The van der Waals surface area contributed by atoms with Crippen molar-refractivity contribution in [3.05, 3.63) is 30.0 Å². The molecule has 0 bridgehead atoms. The summed E-state index contributed by atoms with van der Waals surface area (Å²) >= 11 is 0. The summed E-state index contributed by atoms with van der Waals surface area (Å²) in [5.41, 5.74) is 2.34. The van der Waals surface area contributed by atoms with E-state index in [-0.39, 0.29) is 5.75 Å². The van der Waals surface area contributed by atoms with Gasteiger partial charge in [-0.15, -0.1) is 0 Å². The zero-order valence-electron chi connectivity index (χ0n) is 14.9. The molecule has 0 amide bonds. The maximum absolute atomic E-state index is 11.4. The molecule has 3 rings (SSSR count). The second-order valence-electron chi connectivity index (χ2n) is 7.04. The van der Waals surface area contributed by atoms with Crippen molar-refractivity contribution < 1.29 is 19.4 Å². The van der Waals surface area contributed by atoms with Gasteiger partial charge in [-0.25, -0.2) is 9.59 Å². The lowest BCUT2D eigenvalue weighted by Crippen LogP contribution is -2.29. The van der Waals surface area contributed by atoms with Crippen LogP contribution in [0.2, 0.25) is 0 Å². The first-order valence-electron chi connectivity index (χ1n) is 8.65. The normalized spacial score (nSPS) is 16.5. The van der Waals surface area contributed by atoms with Crippen LogP contribution in [0.4, 0.5) is 0 Å². The number of carboxylic acids is 1. The molecule has 0 atom stereocenters. The van der Waals surface area contributed by atoms with Crippen molar-refractivity contribution in [2.75, 3.05) is 20.1 Å². The van der Waals surface area contributed by atoms with E-state index in [1.165, 1.54) is 5.56 Å². The number of rotatable bonds is 3. The molecule has 1 N–H and O–H groups in total. The maximum atomic E-state index is 11.4. The van der Waals surface area contributed by atoms with Crippen molar-refractivity contribution in [2.24, 2.45) is 0 Å². The minimum Gasteiger partial charge on any atom is -0.473 e. The minimum atomic E-state index is -1.59. The first-order valence-corrected chi connectivity index (χ1v) is 8.65. The predicted molar refractivity (Wildman–Crippen MR) is 95.1 cm³/mol. The molecule has 0 saturated carbocycles. The number of carboxylic acid groups (broad SMARTS) is 1. The van der Waals surface area contributed by atoms with E-state index in [4.69, 9.17) is 9.84 Å². The quantitative estimate of drug-likeness (QED) is 0.526. The molecule has 25 heavy (non-hydrogen) atoms. The van der Waals surface area contributed by atoms with Crippen LogP contribution in [-0.2, 0) is 9.59 Å². The number of benzene rings is 1. The van der Waals surface area contributed by atoms with Gasteiger partial charge >= 0.3 is 11.9 Å². The number of hydrogen-bond donors (Lipinski definition) is 1. The number of carbonyl (C=O) groups is 2. The Bertz CT molecular complexity index is 801. The Kier molecular flexibility index (Phi) is 4.81. The number of aromatic nitrogens is 1. The Balaban J connectivity index is 2.02. The Labute approximate surface area is 147 Å². The molecule has 1 saturated heterocycles. The predicted octanol–water partition coefficient (Wildman–Crippen LogP) is 3.02. The lowest BCUT2D eigenvalue weighted by atomic mass is 9.89. The number of nitrogens with zero attached hydrogens (tertiary/aromatic N) is 2. The molecule has 6 heteroatoms. The Morgan fingerprint density at radius 1 is 1.24 bits per heavy atom. The molecule has 1 fully saturated rings. The number of aliphatic carboxylic acids is 1. The molecule has 1 aromatic heterocycles. The van der Waals surface area contributed by atoms with Gasteiger partial charge in [-0.2, -0.15) is 0 Å². The van der Waals surface area contributed by atoms with Crippen LogP contribution < -0.4 is 4.74 Å². The van der Waals surface area contributed by atoms with E-state index in [0.29, 0.717) is 12.0 Å². The molecule has 0 unspecified atom stereocenters. The van der Waals surface area contributed by atoms with Gasteiger partial charge in [0.05, 0.1) is 0 Å². The zero-order chi connectivity index (χ0) is 18.1. The van der Waals surface area contributed by atoms with E-state index in [1.54, 1.807) is 12.1 Å². The molecular weight excluding hydrogens is 320 g/mol. The van der Waals surface area contributed by atoms with E-state index in [1.807, 2.05) is 6.07 Å². The second-order valence-corrected chi connectivity index (χ2v) is 7.04. The summed E-state index contributed by atoms with van der Waals surface area (Å²) in [6.45, 7) is 6.39. The van der Waals surface area contributed by atoms with Crippen LogP contribution in [0.5, 0.6) is 5.75 Å². The highest BCUT2D eigenvalue weighted by atomic mass is 16.6. The summed E-state index contributed by atoms with van der Waals surface area (Å²) in [6.07, 6.45) is 4.38. The highest BCUT2D eigenvalue weighted by Gasteiger charge is 2.23. The van der Waals surface area contributed by atoms with Gasteiger partial charge in [0.15, 0.2) is 0 Å². The fraction of sp³-hybridized carbons (Fsp3) is 0.474. The second kappa shape index (κ2) is 6.88. The molecule has 2 aromatic rings. The minimum absolute atomic E-state index is 0.274. The molecule has 0 spiro atoms. The summed E-state index contributed by atoms with van der Waals surface area (Å²) in [6, 6.07) is 5.66. The van der Waals surface area contributed by atoms with Gasteiger partial charge in [0.25, 0.3) is 0 Å². The summed E-state index contributed by atoms with van der Waals surface area (Å²) in [7, 11) is 2.14. The van der Waals surface area contributed by atoms with Crippen molar-refractivity contribution >= 4 is 22.8 Å². The van der Waals surface area contributed by atoms with E-state index in [0.717, 1.165) is 36.8 Å². The van der Waals surface area contributed by atoms with Crippen LogP contribution in [0.1, 0.15) is 44.2 Å². The van der Waals surface area contributed by atoms with Crippen molar-refractivity contribution in [1.29, 1.82) is 0 Å². The maximum Gasteiger partial charge on any atom is 0.422 e. The van der Waals surface area contributed by atoms with E-state index < -0.39 is 11.9 Å². The van der Waals surface area contributed by atoms with Crippen molar-refractivity contribution in [2.45, 2.75) is 38.6 Å². The number of likely N-dealkylation sites (tertiary alicyclic amines) is 1. The monoisotopic (exact) mass is 344 g/mol. The van der Waals surface area contributed by atoms with Crippen LogP contribution in [0.3, 0.4) is 0 Å². The van der Waals surface area contributed by atoms with Crippen molar-refractivity contribution in [3.63, 3.8) is 0 Å². The molecule has 2 heterocycles. The highest BCUT2D eigenvalue weighted by molar-refractivity contribution is 6.29. The van der Waals surface area contributed by atoms with Gasteiger partial charge < -0.3 is 19.3 Å². The molecule has 1 aliphatic rings. The summed E-state index contributed by atoms with van der Waals surface area (Å²) in [4.78, 5) is 24.4. The topological polar surface area (TPSA) is 71.8 Å². The van der Waals surface area contributed by atoms with Crippen molar-refractivity contribution in [1.82, 2.24) is 9.47 Å². The fourth-order valence-electron chi connectivity index (χ4n) is 3.55. The lowest BCUT2D eigenvalue weighted by molar-refractivity contribution is -0.158. The third-order valence-electron chi connectivity index (χ3n) is 4.94. The van der Waals surface area contributed by atoms with Gasteiger partial charge in [0, 0.05) is 23.1 Å². The standard InChI is InChI=1S/C19H24N2O4/c1-12(2)21-11-16(13-6-8-20(3)9-7-13)15-10-14(4-5-17(15)21)25-19(24)18(22)23/h4-5,10-13H,6-9H2,1-3H3,(H,22,23). The number of ether oxygens (including phenoxy) is 1. The third kappa shape index (κ3) is 3.54. The zero-order valence-corrected chi connectivity index (χ0v) is 14.9. The number of hydrogen-bond acceptors (Lipinski definition) is 4. The van der Waals surface area contributed by atoms with Gasteiger partial charge in [0.2, 0.25) is 0 Å². The van der Waals surface area contributed by atoms with Crippen LogP contribution in [0.15, 0.2) is 24.4 Å². The highest BCUT2D eigenvalue weighted by Crippen LogP contribution is 2.37. The van der Waals surface area contributed by atoms with Gasteiger partial charge in [-0.3, -0.25) is 0 Å². The van der Waals surface area contributed by atoms with E-state index in [9.17, 15) is 9.59 Å². The SMILES string of the molecule is CC(C)n1cc(C2CCN(C)CC2)c2cc(OC(=O)C(=O)O)ccc21. The average Bonchev–Trinajstić information content (AvgIpc) is 2.94. The Morgan fingerprint density at radius 3 is 2.52 bits per heavy atom. The van der Waals surface area contributed by atoms with Crippen LogP contribution in [0.25, 0.3) is 10.9 Å². The van der Waals surface area contributed by atoms with Crippen LogP contribution in [-0.4, -0.2) is 46.6 Å². The molecule has 0 radical (unpaired) electrons. The first-order chi connectivity index (χ1) is 11.9. The largest absolute Gasteiger partial charge is 0.473 e. The van der Waals surface area contributed by atoms with E-state index in [2.05, 4.69) is 36.6 Å². The van der Waals surface area contributed by atoms with Crippen LogP contribution >= 0.6 is 0 Å². The smallest absolute Gasteiger partial charge is 0.422 e. The fourth-order valence-corrected chi connectivity index (χ4v) is 3.55. The summed E-state index contributed by atoms with van der Waals surface area (Å²) < 4.78 is 7.19. The molecular formula is C19H24N2O4. The number of piperidine rings is 1. The molecule has 134 valence electrons. The molecule has 0 aliphatic carbocycles. The molecule has 6 nitrogen and oxygen atoms in total. The Morgan fingerprint density at radius 2 is 1.92 bits per heavy atom. The third-order valence-corrected chi connectivity index (χ3v) is 4.94. The Hall–Kier alpha value is -2.34. The molecule has 1 aromatic carbocycles. The van der Waals surface area contributed by atoms with Crippen LogP contribution in [0, 0.1) is 0 Å². The number of esters is 1. The number of fused-ring (bicyclic) bond motifs is 1. The van der Waals surface area contributed by atoms with Crippen molar-refractivity contribution in [3.8, 4) is 5.75 Å². The molecule has 1 aliphatic heterocycles. The summed E-state index contributed by atoms with van der Waals surface area (Å²) in [5, 5.41) is 9.77. The lowest BCUT2D eigenvalue weighted by Gasteiger charge is -2.28. The van der Waals surface area contributed by atoms with E-state index >= 15 is 0 Å². The van der Waals surface area contributed by atoms with Gasteiger partial charge in [0.1, 0.15) is 5.75 Å². The first kappa shape index (κ1) is 17.5. The van der Waals surface area contributed by atoms with Gasteiger partial charge in [-0.05, 0) is 76.5 Å². The average molecular weight is 344 g/mol. The van der Waals surface area contributed by atoms with Gasteiger partial charge in [-0.1, -0.05) is 0 Å². The summed E-state index contributed by atoms with van der Waals surface area (Å²) in [5.74, 6) is -2.11.